The highest BCUT2D eigenvalue weighted by molar-refractivity contribution is 7.90. The quantitative estimate of drug-likeness (QED) is 0.709. The third-order valence-electron chi connectivity index (χ3n) is 3.52. The average molecular weight is 367 g/mol. The number of nitrogens with zero attached hydrogens (tertiary/aromatic N) is 1. The molecule has 0 aliphatic rings. The van der Waals surface area contributed by atoms with E-state index in [2.05, 4.69) is 0 Å². The van der Waals surface area contributed by atoms with Crippen LogP contribution in [0.1, 0.15) is 0 Å². The molecule has 9 heteroatoms. The van der Waals surface area contributed by atoms with Gasteiger partial charge in [-0.2, -0.15) is 8.42 Å². The Balaban J connectivity index is 2.40. The van der Waals surface area contributed by atoms with Crippen molar-refractivity contribution in [1.82, 2.24) is 3.97 Å². The van der Waals surface area contributed by atoms with Crippen LogP contribution in [0.5, 0.6) is 5.75 Å². The van der Waals surface area contributed by atoms with Crippen LogP contribution in [0.4, 0.5) is 0 Å². The van der Waals surface area contributed by atoms with E-state index in [0.717, 1.165) is 10.2 Å². The standard InChI is InChI=1S/C15H13NO6S2/c1-22-11-7-8-13-14(9-11)16(10-15(13)24(19,20)21)23(17,18)12-5-3-2-4-6-12/h2-10H,1H3,(H,19,20,21). The van der Waals surface area contributed by atoms with Crippen LogP contribution in [0.2, 0.25) is 0 Å². The summed E-state index contributed by atoms with van der Waals surface area (Å²) in [7, 11) is -7.23. The molecule has 0 amide bonds. The number of hydrogen-bond acceptors (Lipinski definition) is 5. The molecule has 0 saturated carbocycles. The van der Waals surface area contributed by atoms with Gasteiger partial charge >= 0.3 is 0 Å². The van der Waals surface area contributed by atoms with Gasteiger partial charge in [0.05, 0.1) is 17.5 Å². The maximum Gasteiger partial charge on any atom is 0.296 e. The van der Waals surface area contributed by atoms with Gasteiger partial charge in [-0.3, -0.25) is 4.55 Å². The van der Waals surface area contributed by atoms with Crippen molar-refractivity contribution in [3.63, 3.8) is 0 Å². The van der Waals surface area contributed by atoms with Crippen LogP contribution in [0.3, 0.4) is 0 Å². The second kappa shape index (κ2) is 5.62. The molecule has 3 rings (SSSR count). The zero-order chi connectivity index (χ0) is 17.5. The Hall–Kier alpha value is -2.36. The summed E-state index contributed by atoms with van der Waals surface area (Å²) in [6.07, 6.45) is 0.891. The molecular formula is C15H13NO6S2. The molecule has 0 radical (unpaired) electrons. The SMILES string of the molecule is COc1ccc2c(S(=O)(=O)O)cn(S(=O)(=O)c3ccccc3)c2c1. The highest BCUT2D eigenvalue weighted by Gasteiger charge is 2.25. The Bertz CT molecular complexity index is 1120. The van der Waals surface area contributed by atoms with Gasteiger partial charge in [-0.05, 0) is 24.3 Å². The number of benzene rings is 2. The molecular weight excluding hydrogens is 354 g/mol. The molecule has 0 atom stereocenters. The van der Waals surface area contributed by atoms with Crippen molar-refractivity contribution in [1.29, 1.82) is 0 Å². The third kappa shape index (κ3) is 2.66. The van der Waals surface area contributed by atoms with E-state index >= 15 is 0 Å². The molecule has 24 heavy (non-hydrogen) atoms. The molecule has 0 spiro atoms. The molecule has 0 fully saturated rings. The van der Waals surface area contributed by atoms with Crippen LogP contribution in [-0.2, 0) is 20.1 Å². The molecule has 7 nitrogen and oxygen atoms in total. The number of hydrogen-bond donors (Lipinski definition) is 1. The fourth-order valence-corrected chi connectivity index (χ4v) is 4.52. The molecule has 1 aromatic heterocycles. The van der Waals surface area contributed by atoms with Crippen molar-refractivity contribution in [2.24, 2.45) is 0 Å². The van der Waals surface area contributed by atoms with Crippen LogP contribution >= 0.6 is 0 Å². The summed E-state index contributed by atoms with van der Waals surface area (Å²) in [5.41, 5.74) is 0.0887. The zero-order valence-corrected chi connectivity index (χ0v) is 14.1. The molecule has 0 aliphatic carbocycles. The number of methoxy groups -OCH3 is 1. The van der Waals surface area contributed by atoms with E-state index in [1.54, 1.807) is 18.2 Å². The minimum Gasteiger partial charge on any atom is -0.497 e. The second-order valence-electron chi connectivity index (χ2n) is 4.97. The van der Waals surface area contributed by atoms with Crippen LogP contribution in [0.25, 0.3) is 10.9 Å². The van der Waals surface area contributed by atoms with Gasteiger partial charge in [-0.25, -0.2) is 12.4 Å². The van der Waals surface area contributed by atoms with E-state index in [0.29, 0.717) is 5.75 Å². The normalized spacial score (nSPS) is 12.4. The predicted molar refractivity (Wildman–Crippen MR) is 87.3 cm³/mol. The van der Waals surface area contributed by atoms with Crippen molar-refractivity contribution < 1.29 is 26.1 Å². The summed E-state index contributed by atoms with van der Waals surface area (Å²) in [5, 5.41) is 0.0813. The monoisotopic (exact) mass is 367 g/mol. The molecule has 2 aromatic carbocycles. The first-order chi connectivity index (χ1) is 11.2. The van der Waals surface area contributed by atoms with Crippen molar-refractivity contribution in [3.05, 3.63) is 54.7 Å². The van der Waals surface area contributed by atoms with Gasteiger partial charge in [0.1, 0.15) is 10.6 Å². The Morgan fingerprint density at radius 2 is 1.67 bits per heavy atom. The Morgan fingerprint density at radius 3 is 2.25 bits per heavy atom. The van der Waals surface area contributed by atoms with Crippen molar-refractivity contribution in [3.8, 4) is 5.75 Å². The van der Waals surface area contributed by atoms with Gasteiger partial charge in [-0.1, -0.05) is 18.2 Å². The Morgan fingerprint density at radius 1 is 1.00 bits per heavy atom. The average Bonchev–Trinajstić information content (AvgIpc) is 2.95. The highest BCUT2D eigenvalue weighted by atomic mass is 32.2. The Labute approximate surface area is 138 Å². The first-order valence-electron chi connectivity index (χ1n) is 6.72. The topological polar surface area (TPSA) is 103 Å². The zero-order valence-electron chi connectivity index (χ0n) is 12.4. The number of rotatable bonds is 4. The molecule has 0 aliphatic heterocycles. The largest absolute Gasteiger partial charge is 0.497 e. The fraction of sp³-hybridized carbons (Fsp3) is 0.0667. The number of ether oxygens (including phenoxy) is 1. The summed E-state index contributed by atoms with van der Waals surface area (Å²) in [4.78, 5) is -0.494. The maximum absolute atomic E-state index is 12.8. The van der Waals surface area contributed by atoms with Gasteiger partial charge < -0.3 is 4.74 Å². The van der Waals surface area contributed by atoms with E-state index in [1.807, 2.05) is 0 Å². The Kier molecular flexibility index (Phi) is 3.86. The summed E-state index contributed by atoms with van der Waals surface area (Å²) >= 11 is 0. The summed E-state index contributed by atoms with van der Waals surface area (Å²) in [6, 6.07) is 11.8. The van der Waals surface area contributed by atoms with Crippen LogP contribution in [-0.4, -0.2) is 32.5 Å². The van der Waals surface area contributed by atoms with Gasteiger partial charge in [0.2, 0.25) is 0 Å². The summed E-state index contributed by atoms with van der Waals surface area (Å²) in [6.45, 7) is 0. The van der Waals surface area contributed by atoms with Gasteiger partial charge in [0, 0.05) is 17.6 Å². The smallest absolute Gasteiger partial charge is 0.296 e. The third-order valence-corrected chi connectivity index (χ3v) is 6.09. The number of aromatic nitrogens is 1. The summed E-state index contributed by atoms with van der Waals surface area (Å²) in [5.74, 6) is 0.354. The summed E-state index contributed by atoms with van der Waals surface area (Å²) < 4.78 is 64.1. The minimum atomic E-state index is -4.60. The predicted octanol–water partition coefficient (Wildman–Crippen LogP) is 2.13. The van der Waals surface area contributed by atoms with E-state index in [4.69, 9.17) is 4.74 Å². The molecule has 0 bridgehead atoms. The fourth-order valence-electron chi connectivity index (χ4n) is 2.39. The van der Waals surface area contributed by atoms with Gasteiger partial charge in [-0.15, -0.1) is 0 Å². The lowest BCUT2D eigenvalue weighted by molar-refractivity contribution is 0.415. The first-order valence-corrected chi connectivity index (χ1v) is 9.60. The van der Waals surface area contributed by atoms with Crippen LogP contribution < -0.4 is 4.74 Å². The molecule has 3 aromatic rings. The number of fused-ring (bicyclic) bond motifs is 1. The van der Waals surface area contributed by atoms with E-state index in [1.165, 1.54) is 37.4 Å². The molecule has 0 unspecified atom stereocenters. The molecule has 126 valence electrons. The van der Waals surface area contributed by atoms with Crippen LogP contribution in [0, 0.1) is 0 Å². The second-order valence-corrected chi connectivity index (χ2v) is 8.17. The highest BCUT2D eigenvalue weighted by Crippen LogP contribution is 2.31. The lowest BCUT2D eigenvalue weighted by Gasteiger charge is -2.08. The molecule has 1 N–H and O–H groups in total. The first kappa shape index (κ1) is 16.5. The van der Waals surface area contributed by atoms with E-state index in [-0.39, 0.29) is 15.8 Å². The van der Waals surface area contributed by atoms with E-state index in [9.17, 15) is 21.4 Å². The van der Waals surface area contributed by atoms with Crippen molar-refractivity contribution in [2.45, 2.75) is 9.79 Å². The maximum atomic E-state index is 12.8. The van der Waals surface area contributed by atoms with Crippen molar-refractivity contribution >= 4 is 31.0 Å². The molecule has 1 heterocycles. The minimum absolute atomic E-state index is 0.00777. The lowest BCUT2D eigenvalue weighted by Crippen LogP contribution is -2.11. The van der Waals surface area contributed by atoms with Crippen LogP contribution in [0.15, 0.2) is 64.5 Å². The molecule has 0 saturated heterocycles. The van der Waals surface area contributed by atoms with E-state index < -0.39 is 25.0 Å². The van der Waals surface area contributed by atoms with Crippen molar-refractivity contribution in [2.75, 3.05) is 7.11 Å². The van der Waals surface area contributed by atoms with Gasteiger partial charge in [0.25, 0.3) is 20.1 Å². The van der Waals surface area contributed by atoms with Gasteiger partial charge in [0.15, 0.2) is 0 Å². The lowest BCUT2D eigenvalue weighted by atomic mass is 10.2.